The fourth-order valence-corrected chi connectivity index (χ4v) is 3.37. The molecule has 154 valence electrons. The first-order valence-corrected chi connectivity index (χ1v) is 9.34. The molecule has 3 aromatic carbocycles. The van der Waals surface area contributed by atoms with Gasteiger partial charge in [0.15, 0.2) is 0 Å². The molecule has 8 heteroatoms. The van der Waals surface area contributed by atoms with E-state index in [0.717, 1.165) is 5.56 Å². The molecule has 0 saturated heterocycles. The van der Waals surface area contributed by atoms with Crippen LogP contribution >= 0.6 is 0 Å². The molecule has 3 amide bonds. The highest BCUT2D eigenvalue weighted by atomic mass is 16.4. The van der Waals surface area contributed by atoms with Gasteiger partial charge in [-0.1, -0.05) is 30.3 Å². The second-order valence-electron chi connectivity index (χ2n) is 6.83. The third-order valence-electron chi connectivity index (χ3n) is 4.75. The van der Waals surface area contributed by atoms with Gasteiger partial charge in [0.2, 0.25) is 0 Å². The first kappa shape index (κ1) is 19.7. The zero-order chi connectivity index (χ0) is 22.0. The van der Waals surface area contributed by atoms with Crippen LogP contribution < -0.4 is 21.7 Å². The van der Waals surface area contributed by atoms with Gasteiger partial charge in [-0.15, -0.1) is 0 Å². The number of primary amides is 1. The predicted molar refractivity (Wildman–Crippen MR) is 119 cm³/mol. The van der Waals surface area contributed by atoms with E-state index in [1.54, 1.807) is 30.3 Å². The Kier molecular flexibility index (Phi) is 5.11. The minimum Gasteiger partial charge on any atom is -0.478 e. The molecule has 4 rings (SSSR count). The molecule has 0 radical (unpaired) electrons. The van der Waals surface area contributed by atoms with E-state index in [9.17, 15) is 14.4 Å². The maximum Gasteiger partial charge on any atom is 0.335 e. The number of hydrogen-bond donors (Lipinski definition) is 5. The minimum absolute atomic E-state index is 0.165. The molecule has 0 aromatic heterocycles. The van der Waals surface area contributed by atoms with Gasteiger partial charge < -0.3 is 26.8 Å². The molecular formula is C23H18N4O4. The fourth-order valence-electron chi connectivity index (χ4n) is 3.37. The summed E-state index contributed by atoms with van der Waals surface area (Å²) < 4.78 is 0. The number of benzene rings is 3. The molecule has 1 aliphatic rings. The van der Waals surface area contributed by atoms with E-state index in [2.05, 4.69) is 16.0 Å². The van der Waals surface area contributed by atoms with Crippen molar-refractivity contribution < 1.29 is 19.5 Å². The van der Waals surface area contributed by atoms with Crippen LogP contribution in [0.3, 0.4) is 0 Å². The lowest BCUT2D eigenvalue weighted by Gasteiger charge is -2.15. The number of carbonyl (C=O) groups excluding carboxylic acids is 2. The number of nitrogens with one attached hydrogen (secondary N) is 3. The number of hydrogen-bond acceptors (Lipinski definition) is 4. The Labute approximate surface area is 177 Å². The molecule has 0 aliphatic carbocycles. The van der Waals surface area contributed by atoms with Crippen molar-refractivity contribution in [3.05, 3.63) is 89.5 Å². The van der Waals surface area contributed by atoms with Crippen LogP contribution in [0.15, 0.2) is 72.8 Å². The number of fused-ring (bicyclic) bond motifs is 1. The van der Waals surface area contributed by atoms with Crippen LogP contribution in [-0.4, -0.2) is 23.0 Å². The fraction of sp³-hybridized carbons (Fsp3) is 0. The number of carboxylic acids is 1. The van der Waals surface area contributed by atoms with Crippen molar-refractivity contribution in [2.45, 2.75) is 0 Å². The first-order chi connectivity index (χ1) is 14.9. The zero-order valence-corrected chi connectivity index (χ0v) is 16.2. The Bertz CT molecular complexity index is 1220. The summed E-state index contributed by atoms with van der Waals surface area (Å²) in [6.07, 6.45) is 0. The Balaban J connectivity index is 1.81. The summed E-state index contributed by atoms with van der Waals surface area (Å²) in [4.78, 5) is 35.2. The molecule has 0 fully saturated rings. The van der Waals surface area contributed by atoms with Crippen molar-refractivity contribution in [2.75, 3.05) is 16.0 Å². The SMILES string of the molecule is NC(=O)Nc1ccc2c(c1)NC(=O)/C2=C(\Nc1ccc(C(=O)O)cc1)c1ccccc1. The lowest BCUT2D eigenvalue weighted by atomic mass is 9.99. The van der Waals surface area contributed by atoms with Gasteiger partial charge in [0.1, 0.15) is 0 Å². The molecule has 6 N–H and O–H groups in total. The Morgan fingerprint density at radius 3 is 2.16 bits per heavy atom. The van der Waals surface area contributed by atoms with Gasteiger partial charge in [0.25, 0.3) is 5.91 Å². The second kappa shape index (κ2) is 8.03. The predicted octanol–water partition coefficient (Wildman–Crippen LogP) is 3.81. The maximum atomic E-state index is 12.9. The standard InChI is InChI=1S/C23H18N4O4/c24-23(31)26-16-10-11-17-18(12-16)27-21(28)19(17)20(13-4-2-1-3-5-13)25-15-8-6-14(7-9-15)22(29)30/h1-12,25H,(H,27,28)(H,29,30)(H3,24,26,31)/b20-19-. The first-order valence-electron chi connectivity index (χ1n) is 9.34. The summed E-state index contributed by atoms with van der Waals surface area (Å²) in [7, 11) is 0. The number of aromatic carboxylic acids is 1. The Hall–Kier alpha value is -4.59. The van der Waals surface area contributed by atoms with Crippen molar-refractivity contribution in [2.24, 2.45) is 5.73 Å². The van der Waals surface area contributed by atoms with Gasteiger partial charge in [-0.2, -0.15) is 0 Å². The van der Waals surface area contributed by atoms with Crippen molar-refractivity contribution in [1.82, 2.24) is 0 Å². The monoisotopic (exact) mass is 414 g/mol. The smallest absolute Gasteiger partial charge is 0.335 e. The van der Waals surface area contributed by atoms with E-state index in [0.29, 0.717) is 33.9 Å². The summed E-state index contributed by atoms with van der Waals surface area (Å²) in [6.45, 7) is 0. The van der Waals surface area contributed by atoms with E-state index in [4.69, 9.17) is 10.8 Å². The van der Waals surface area contributed by atoms with Gasteiger partial charge in [-0.05, 0) is 48.0 Å². The summed E-state index contributed by atoms with van der Waals surface area (Å²) in [6, 6.07) is 19.9. The lowest BCUT2D eigenvalue weighted by Crippen LogP contribution is -2.19. The van der Waals surface area contributed by atoms with E-state index in [1.807, 2.05) is 30.3 Å². The van der Waals surface area contributed by atoms with Crippen LogP contribution in [0.25, 0.3) is 11.3 Å². The Morgan fingerprint density at radius 1 is 0.839 bits per heavy atom. The largest absolute Gasteiger partial charge is 0.478 e. The third kappa shape index (κ3) is 4.08. The highest BCUT2D eigenvalue weighted by Crippen LogP contribution is 2.38. The van der Waals surface area contributed by atoms with Gasteiger partial charge in [0.05, 0.1) is 22.5 Å². The van der Waals surface area contributed by atoms with E-state index in [1.165, 1.54) is 12.1 Å². The normalized spacial score (nSPS) is 13.7. The van der Waals surface area contributed by atoms with Crippen LogP contribution in [0.2, 0.25) is 0 Å². The number of amides is 3. The second-order valence-corrected chi connectivity index (χ2v) is 6.83. The molecule has 31 heavy (non-hydrogen) atoms. The quantitative estimate of drug-likeness (QED) is 0.405. The molecule has 0 bridgehead atoms. The number of carbonyl (C=O) groups is 3. The molecule has 1 heterocycles. The highest BCUT2D eigenvalue weighted by Gasteiger charge is 2.28. The van der Waals surface area contributed by atoms with Crippen molar-refractivity contribution in [3.63, 3.8) is 0 Å². The molecular weight excluding hydrogens is 396 g/mol. The van der Waals surface area contributed by atoms with E-state index >= 15 is 0 Å². The molecule has 0 unspecified atom stereocenters. The summed E-state index contributed by atoms with van der Waals surface area (Å²) in [5.74, 6) is -1.32. The maximum absolute atomic E-state index is 12.9. The molecule has 3 aromatic rings. The summed E-state index contributed by atoms with van der Waals surface area (Å²) in [5.41, 5.74) is 9.40. The van der Waals surface area contributed by atoms with Crippen LogP contribution in [0.4, 0.5) is 21.9 Å². The lowest BCUT2D eigenvalue weighted by molar-refractivity contribution is -0.110. The zero-order valence-electron chi connectivity index (χ0n) is 16.2. The molecule has 0 saturated carbocycles. The molecule has 0 atom stereocenters. The number of carboxylic acid groups (broad SMARTS) is 1. The molecule has 0 spiro atoms. The van der Waals surface area contributed by atoms with Crippen LogP contribution in [0.1, 0.15) is 21.5 Å². The van der Waals surface area contributed by atoms with Crippen molar-refractivity contribution >= 4 is 46.2 Å². The number of urea groups is 1. The minimum atomic E-state index is -1.02. The third-order valence-corrected chi connectivity index (χ3v) is 4.75. The van der Waals surface area contributed by atoms with Gasteiger partial charge in [0, 0.05) is 16.9 Å². The number of anilines is 3. The molecule has 1 aliphatic heterocycles. The number of nitrogens with two attached hydrogens (primary N) is 1. The van der Waals surface area contributed by atoms with Crippen molar-refractivity contribution in [1.29, 1.82) is 0 Å². The van der Waals surface area contributed by atoms with Gasteiger partial charge >= 0.3 is 12.0 Å². The average molecular weight is 414 g/mol. The molecule has 8 nitrogen and oxygen atoms in total. The summed E-state index contributed by atoms with van der Waals surface area (Å²) >= 11 is 0. The van der Waals surface area contributed by atoms with E-state index in [-0.39, 0.29) is 11.5 Å². The average Bonchev–Trinajstić information content (AvgIpc) is 3.07. The summed E-state index contributed by atoms with van der Waals surface area (Å²) in [5, 5.41) is 17.7. The van der Waals surface area contributed by atoms with Gasteiger partial charge in [-0.3, -0.25) is 4.79 Å². The van der Waals surface area contributed by atoms with Crippen LogP contribution in [0.5, 0.6) is 0 Å². The van der Waals surface area contributed by atoms with Gasteiger partial charge in [-0.25, -0.2) is 9.59 Å². The van der Waals surface area contributed by atoms with Crippen LogP contribution in [-0.2, 0) is 4.79 Å². The van der Waals surface area contributed by atoms with Crippen LogP contribution in [0, 0.1) is 0 Å². The highest BCUT2D eigenvalue weighted by molar-refractivity contribution is 6.37. The van der Waals surface area contributed by atoms with E-state index < -0.39 is 12.0 Å². The topological polar surface area (TPSA) is 134 Å². The van der Waals surface area contributed by atoms with Crippen molar-refractivity contribution in [3.8, 4) is 0 Å². The Morgan fingerprint density at radius 2 is 1.52 bits per heavy atom. The number of rotatable bonds is 5.